The fourth-order valence-corrected chi connectivity index (χ4v) is 0.935. The number of aromatic amines is 1. The fourth-order valence-electron chi connectivity index (χ4n) is 0.868. The van der Waals surface area contributed by atoms with Crippen molar-refractivity contribution >= 4 is 23.2 Å². The van der Waals surface area contributed by atoms with Crippen LogP contribution in [0.2, 0.25) is 0 Å². The van der Waals surface area contributed by atoms with Crippen molar-refractivity contribution in [2.24, 2.45) is 0 Å². The molecule has 0 saturated heterocycles. The molecule has 0 saturated carbocycles. The highest BCUT2D eigenvalue weighted by Gasteiger charge is 2.03. The predicted octanol–water partition coefficient (Wildman–Crippen LogP) is 0.861. The summed E-state index contributed by atoms with van der Waals surface area (Å²) >= 11 is 5.27. The number of hydrogen-bond donors (Lipinski definition) is 2. The number of aryl methyl sites for hydroxylation is 1. The molecule has 4 nitrogen and oxygen atoms in total. The van der Waals surface area contributed by atoms with Crippen LogP contribution in [0.3, 0.4) is 0 Å². The number of pyridine rings is 1. The van der Waals surface area contributed by atoms with Crippen LogP contribution in [0, 0.1) is 6.92 Å². The SMILES string of the molecule is Cc1c[nH]c(=O)c(NC(=O)CCl)c1. The first-order valence-electron chi connectivity index (χ1n) is 3.68. The van der Waals surface area contributed by atoms with E-state index >= 15 is 0 Å². The Morgan fingerprint density at radius 1 is 1.69 bits per heavy atom. The topological polar surface area (TPSA) is 62.0 Å². The highest BCUT2D eigenvalue weighted by molar-refractivity contribution is 6.29. The van der Waals surface area contributed by atoms with Gasteiger partial charge in [-0.25, -0.2) is 0 Å². The Morgan fingerprint density at radius 2 is 2.38 bits per heavy atom. The average Bonchev–Trinajstić information content (AvgIpc) is 2.11. The number of amides is 1. The minimum atomic E-state index is -0.391. The van der Waals surface area contributed by atoms with E-state index in [9.17, 15) is 9.59 Å². The Hall–Kier alpha value is -1.29. The van der Waals surface area contributed by atoms with Crippen molar-refractivity contribution in [1.29, 1.82) is 0 Å². The van der Waals surface area contributed by atoms with Crippen molar-refractivity contribution in [3.8, 4) is 0 Å². The number of halogens is 1. The molecule has 1 heterocycles. The van der Waals surface area contributed by atoms with Gasteiger partial charge in [-0.1, -0.05) is 0 Å². The molecule has 0 fully saturated rings. The molecule has 13 heavy (non-hydrogen) atoms. The third-order valence-electron chi connectivity index (χ3n) is 1.44. The predicted molar refractivity (Wildman–Crippen MR) is 51.1 cm³/mol. The van der Waals surface area contributed by atoms with Gasteiger partial charge in [0.2, 0.25) is 5.91 Å². The lowest BCUT2D eigenvalue weighted by Gasteiger charge is -2.01. The van der Waals surface area contributed by atoms with E-state index in [0.29, 0.717) is 0 Å². The number of nitrogens with one attached hydrogen (secondary N) is 2. The lowest BCUT2D eigenvalue weighted by Crippen LogP contribution is -2.20. The summed E-state index contributed by atoms with van der Waals surface area (Å²) in [6.07, 6.45) is 1.57. The molecule has 1 amide bonds. The molecule has 0 aliphatic heterocycles. The fraction of sp³-hybridized carbons (Fsp3) is 0.250. The second-order valence-electron chi connectivity index (χ2n) is 2.60. The molecule has 70 valence electrons. The van der Waals surface area contributed by atoms with E-state index in [1.54, 1.807) is 12.3 Å². The largest absolute Gasteiger partial charge is 0.327 e. The van der Waals surface area contributed by atoms with Crippen molar-refractivity contribution in [3.05, 3.63) is 28.2 Å². The molecule has 1 aromatic rings. The number of anilines is 1. The first-order valence-corrected chi connectivity index (χ1v) is 4.22. The van der Waals surface area contributed by atoms with E-state index < -0.39 is 5.91 Å². The van der Waals surface area contributed by atoms with Crippen LogP contribution in [-0.4, -0.2) is 16.8 Å². The Balaban J connectivity index is 2.94. The minimum Gasteiger partial charge on any atom is -0.327 e. The van der Waals surface area contributed by atoms with Crippen LogP contribution < -0.4 is 10.9 Å². The summed E-state index contributed by atoms with van der Waals surface area (Å²) in [7, 11) is 0. The number of carbonyl (C=O) groups excluding carboxylic acids is 1. The van der Waals surface area contributed by atoms with Crippen LogP contribution in [0.1, 0.15) is 5.56 Å². The highest BCUT2D eigenvalue weighted by Crippen LogP contribution is 2.01. The molecule has 1 aromatic heterocycles. The van der Waals surface area contributed by atoms with Crippen LogP contribution in [0.4, 0.5) is 5.69 Å². The normalized spacial score (nSPS) is 9.69. The van der Waals surface area contributed by atoms with E-state index in [0.717, 1.165) is 5.56 Å². The molecular weight excluding hydrogens is 192 g/mol. The van der Waals surface area contributed by atoms with Crippen molar-refractivity contribution in [1.82, 2.24) is 4.98 Å². The van der Waals surface area contributed by atoms with Gasteiger partial charge in [-0.2, -0.15) is 0 Å². The Kier molecular flexibility index (Phi) is 3.08. The van der Waals surface area contributed by atoms with Crippen molar-refractivity contribution in [2.75, 3.05) is 11.2 Å². The average molecular weight is 201 g/mol. The maximum Gasteiger partial charge on any atom is 0.271 e. The van der Waals surface area contributed by atoms with Gasteiger partial charge in [0.05, 0.1) is 0 Å². The van der Waals surface area contributed by atoms with Crippen LogP contribution in [-0.2, 0) is 4.79 Å². The summed E-state index contributed by atoms with van der Waals surface area (Å²) in [5, 5.41) is 2.39. The summed E-state index contributed by atoms with van der Waals surface area (Å²) < 4.78 is 0. The number of aromatic nitrogens is 1. The molecule has 0 radical (unpaired) electrons. The molecular formula is C8H9ClN2O2. The second kappa shape index (κ2) is 4.09. The van der Waals surface area contributed by atoms with Crippen LogP contribution in [0.25, 0.3) is 0 Å². The monoisotopic (exact) mass is 200 g/mol. The molecule has 1 rings (SSSR count). The van der Waals surface area contributed by atoms with Gasteiger partial charge in [0.25, 0.3) is 5.56 Å². The standard InChI is InChI=1S/C8H9ClN2O2/c1-5-2-6(8(13)10-4-5)11-7(12)3-9/h2,4H,3H2,1H3,(H,10,13)(H,11,12). The number of H-pyrrole nitrogens is 1. The summed E-state index contributed by atoms with van der Waals surface area (Å²) in [5.74, 6) is -0.550. The number of rotatable bonds is 2. The number of alkyl halides is 1. The molecule has 5 heteroatoms. The van der Waals surface area contributed by atoms with Crippen LogP contribution in [0.15, 0.2) is 17.1 Å². The lowest BCUT2D eigenvalue weighted by molar-refractivity contribution is -0.113. The van der Waals surface area contributed by atoms with E-state index in [1.165, 1.54) is 0 Å². The first-order chi connectivity index (χ1) is 6.13. The van der Waals surface area contributed by atoms with Crippen molar-refractivity contribution < 1.29 is 4.79 Å². The Morgan fingerprint density at radius 3 is 3.00 bits per heavy atom. The third kappa shape index (κ3) is 2.59. The molecule has 0 bridgehead atoms. The van der Waals surface area contributed by atoms with Gasteiger partial charge in [-0.15, -0.1) is 11.6 Å². The quantitative estimate of drug-likeness (QED) is 0.696. The van der Waals surface area contributed by atoms with Gasteiger partial charge in [0, 0.05) is 6.20 Å². The smallest absolute Gasteiger partial charge is 0.271 e. The molecule has 0 atom stereocenters. The lowest BCUT2D eigenvalue weighted by atomic mass is 10.3. The summed E-state index contributed by atoms with van der Waals surface area (Å²) in [4.78, 5) is 24.4. The van der Waals surface area contributed by atoms with E-state index in [-0.39, 0.29) is 17.1 Å². The molecule has 0 spiro atoms. The highest BCUT2D eigenvalue weighted by atomic mass is 35.5. The van der Waals surface area contributed by atoms with E-state index in [4.69, 9.17) is 11.6 Å². The van der Waals surface area contributed by atoms with Gasteiger partial charge in [-0.05, 0) is 18.6 Å². The molecule has 0 aromatic carbocycles. The molecule has 0 aliphatic rings. The minimum absolute atomic E-state index is 0.159. The zero-order valence-corrected chi connectivity index (χ0v) is 7.81. The zero-order chi connectivity index (χ0) is 9.84. The number of carbonyl (C=O) groups is 1. The van der Waals surface area contributed by atoms with Crippen molar-refractivity contribution in [2.45, 2.75) is 6.92 Å². The summed E-state index contributed by atoms with van der Waals surface area (Å²) in [6.45, 7) is 1.81. The maximum absolute atomic E-state index is 11.1. The van der Waals surface area contributed by atoms with Gasteiger partial charge >= 0.3 is 0 Å². The van der Waals surface area contributed by atoms with Crippen LogP contribution >= 0.6 is 11.6 Å². The first kappa shape index (κ1) is 9.80. The van der Waals surface area contributed by atoms with Crippen LogP contribution in [0.5, 0.6) is 0 Å². The van der Waals surface area contributed by atoms with Gasteiger partial charge in [-0.3, -0.25) is 9.59 Å². The Labute approximate surface area is 79.9 Å². The number of hydrogen-bond acceptors (Lipinski definition) is 2. The second-order valence-corrected chi connectivity index (χ2v) is 2.87. The maximum atomic E-state index is 11.1. The van der Waals surface area contributed by atoms with E-state index in [2.05, 4.69) is 10.3 Å². The molecule has 2 N–H and O–H groups in total. The molecule has 0 unspecified atom stereocenters. The Bertz CT molecular complexity index is 373. The van der Waals surface area contributed by atoms with Gasteiger partial charge in [0.15, 0.2) is 0 Å². The van der Waals surface area contributed by atoms with Gasteiger partial charge in [0.1, 0.15) is 11.6 Å². The van der Waals surface area contributed by atoms with E-state index in [1.807, 2.05) is 6.92 Å². The molecule has 0 aliphatic carbocycles. The zero-order valence-electron chi connectivity index (χ0n) is 7.06. The van der Waals surface area contributed by atoms with Gasteiger partial charge < -0.3 is 10.3 Å². The summed E-state index contributed by atoms with van der Waals surface area (Å²) in [6, 6.07) is 1.59. The third-order valence-corrected chi connectivity index (χ3v) is 1.69. The summed E-state index contributed by atoms with van der Waals surface area (Å²) in [5.41, 5.74) is 0.763. The van der Waals surface area contributed by atoms with Crippen molar-refractivity contribution in [3.63, 3.8) is 0 Å².